The molecule has 1 fully saturated rings. The number of Topliss-reactive ketones (excluding diaryl/α,β-unsaturated/α-hetero) is 2. The Hall–Kier alpha value is -4.44. The molecule has 0 bridgehead atoms. The van der Waals surface area contributed by atoms with Crippen molar-refractivity contribution in [3.8, 4) is 23.1 Å². The van der Waals surface area contributed by atoms with E-state index in [0.717, 1.165) is 19.6 Å². The van der Waals surface area contributed by atoms with Crippen LogP contribution in [-0.4, -0.2) is 59.8 Å². The molecule has 0 amide bonds. The second kappa shape index (κ2) is 13.5. The molecule has 242 valence electrons. The first-order valence-electron chi connectivity index (χ1n) is 15.5. The molecular weight excluding hydrogens is 592 g/mol. The minimum absolute atomic E-state index is 0.0260. The van der Waals surface area contributed by atoms with E-state index in [2.05, 4.69) is 28.7 Å². The van der Waals surface area contributed by atoms with E-state index in [1.54, 1.807) is 30.3 Å². The maximum Gasteiger partial charge on any atom is 0.230 e. The van der Waals surface area contributed by atoms with Crippen LogP contribution >= 0.6 is 0 Å². The van der Waals surface area contributed by atoms with Crippen molar-refractivity contribution in [3.63, 3.8) is 0 Å². The van der Waals surface area contributed by atoms with Crippen LogP contribution in [0.5, 0.6) is 23.1 Å². The number of ketones is 2. The van der Waals surface area contributed by atoms with Crippen molar-refractivity contribution in [2.45, 2.75) is 47.0 Å². The highest BCUT2D eigenvalue weighted by molar-refractivity contribution is 6.12. The van der Waals surface area contributed by atoms with Gasteiger partial charge < -0.3 is 19.1 Å². The molecule has 0 N–H and O–H groups in total. The van der Waals surface area contributed by atoms with Gasteiger partial charge in [-0.1, -0.05) is 45.9 Å². The van der Waals surface area contributed by atoms with Crippen molar-refractivity contribution < 1.29 is 32.6 Å². The molecule has 1 aliphatic carbocycles. The van der Waals surface area contributed by atoms with E-state index in [0.29, 0.717) is 46.6 Å². The van der Waals surface area contributed by atoms with E-state index >= 15 is 4.39 Å². The molecule has 1 aromatic heterocycles. The summed E-state index contributed by atoms with van der Waals surface area (Å²) in [5.41, 5.74) is -0.0856. The van der Waals surface area contributed by atoms with E-state index < -0.39 is 22.5 Å². The van der Waals surface area contributed by atoms with Crippen LogP contribution in [0.1, 0.15) is 45.2 Å². The van der Waals surface area contributed by atoms with Crippen molar-refractivity contribution >= 4 is 22.5 Å². The second-order valence-electron chi connectivity index (χ2n) is 12.2. The van der Waals surface area contributed by atoms with Gasteiger partial charge >= 0.3 is 0 Å². The summed E-state index contributed by atoms with van der Waals surface area (Å²) in [7, 11) is 1.53. The molecule has 8 nitrogen and oxygen atoms in total. The van der Waals surface area contributed by atoms with Crippen molar-refractivity contribution in [3.05, 3.63) is 83.7 Å². The summed E-state index contributed by atoms with van der Waals surface area (Å²) in [6, 6.07) is 13.4. The molecule has 10 heteroatoms. The number of carbonyl (C=O) groups is 2. The Morgan fingerprint density at radius 1 is 0.870 bits per heavy atom. The number of hydrogen-bond donors (Lipinski definition) is 0. The summed E-state index contributed by atoms with van der Waals surface area (Å²) >= 11 is 0. The summed E-state index contributed by atoms with van der Waals surface area (Å²) in [6.07, 6.45) is 1.66. The summed E-state index contributed by atoms with van der Waals surface area (Å²) in [6.45, 7) is 11.0. The molecule has 0 radical (unpaired) electrons. The van der Waals surface area contributed by atoms with Gasteiger partial charge in [-0.25, -0.2) is 18.7 Å². The summed E-state index contributed by atoms with van der Waals surface area (Å²) in [5, 5.41) is 0.506. The number of aromatic nitrogens is 2. The van der Waals surface area contributed by atoms with E-state index in [-0.39, 0.29) is 36.0 Å². The predicted octanol–water partition coefficient (Wildman–Crippen LogP) is 6.77. The highest BCUT2D eigenvalue weighted by atomic mass is 19.1. The fourth-order valence-electron chi connectivity index (χ4n) is 6.06. The number of rotatable bonds is 15. The fraction of sp³-hybridized carbons (Fsp3) is 0.389. The molecule has 1 heterocycles. The number of nitrogens with zero attached hydrogens (tertiary/aromatic N) is 3. The molecule has 0 aliphatic heterocycles. The number of methoxy groups -OCH3 is 1. The van der Waals surface area contributed by atoms with Gasteiger partial charge in [0.05, 0.1) is 23.4 Å². The molecule has 1 atom stereocenters. The molecule has 1 saturated carbocycles. The lowest BCUT2D eigenvalue weighted by atomic mass is 9.82. The number of ether oxygens (including phenoxy) is 3. The average Bonchev–Trinajstić information content (AvgIpc) is 3.64. The monoisotopic (exact) mass is 631 g/mol. The van der Waals surface area contributed by atoms with Crippen molar-refractivity contribution in [1.82, 2.24) is 14.9 Å². The lowest BCUT2D eigenvalue weighted by Gasteiger charge is -2.19. The van der Waals surface area contributed by atoms with Crippen LogP contribution < -0.4 is 14.2 Å². The number of hydrogen-bond acceptors (Lipinski definition) is 8. The lowest BCUT2D eigenvalue weighted by molar-refractivity contribution is -0.135. The molecule has 5 rings (SSSR count). The Kier molecular flexibility index (Phi) is 9.67. The van der Waals surface area contributed by atoms with E-state index in [1.165, 1.54) is 37.7 Å². The highest BCUT2D eigenvalue weighted by Crippen LogP contribution is 2.65. The van der Waals surface area contributed by atoms with Gasteiger partial charge in [-0.3, -0.25) is 9.59 Å². The van der Waals surface area contributed by atoms with Crippen LogP contribution in [0.3, 0.4) is 0 Å². The maximum atomic E-state index is 15.4. The third kappa shape index (κ3) is 6.72. The Bertz CT molecular complexity index is 1740. The number of benzene rings is 3. The quantitative estimate of drug-likeness (QED) is 0.133. The van der Waals surface area contributed by atoms with Gasteiger partial charge in [-0.05, 0) is 66.4 Å². The van der Waals surface area contributed by atoms with E-state index in [4.69, 9.17) is 14.2 Å². The van der Waals surface area contributed by atoms with Crippen molar-refractivity contribution in [2.75, 3.05) is 33.4 Å². The first-order chi connectivity index (χ1) is 22.0. The second-order valence-corrected chi connectivity index (χ2v) is 12.2. The highest BCUT2D eigenvalue weighted by Gasteiger charge is 2.69. The van der Waals surface area contributed by atoms with Gasteiger partial charge in [0.2, 0.25) is 5.88 Å². The minimum Gasteiger partial charge on any atom is -0.493 e. The Morgan fingerprint density at radius 3 is 2.13 bits per heavy atom. The SMILES string of the molecule is CCN(CC)CCOc1cc2ncnc(Oc3ccc(CC(=O)C4(C(=O)Cc5ccc(F)cc5)CC4(C)C)cc3F)c2cc1OC. The predicted molar refractivity (Wildman–Crippen MR) is 170 cm³/mol. The van der Waals surface area contributed by atoms with Crippen LogP contribution in [0.2, 0.25) is 0 Å². The number of fused-ring (bicyclic) bond motifs is 1. The Balaban J connectivity index is 1.30. The fourth-order valence-corrected chi connectivity index (χ4v) is 6.06. The third-order valence-electron chi connectivity index (χ3n) is 8.98. The molecule has 3 aromatic carbocycles. The molecule has 1 unspecified atom stereocenters. The van der Waals surface area contributed by atoms with Gasteiger partial charge in [-0.15, -0.1) is 0 Å². The van der Waals surface area contributed by atoms with Gasteiger partial charge in [0.25, 0.3) is 0 Å². The zero-order valence-electron chi connectivity index (χ0n) is 26.9. The number of halogens is 2. The van der Waals surface area contributed by atoms with Gasteiger partial charge in [0, 0.05) is 25.5 Å². The number of likely N-dealkylation sites (N-methyl/N-ethyl adjacent to an activating group) is 1. The van der Waals surface area contributed by atoms with Crippen LogP contribution in [0, 0.1) is 22.5 Å². The van der Waals surface area contributed by atoms with Crippen molar-refractivity contribution in [2.24, 2.45) is 10.8 Å². The third-order valence-corrected chi connectivity index (χ3v) is 8.98. The van der Waals surface area contributed by atoms with Crippen LogP contribution in [0.4, 0.5) is 8.78 Å². The normalized spacial score (nSPS) is 16.8. The lowest BCUT2D eigenvalue weighted by Crippen LogP contribution is -2.33. The van der Waals surface area contributed by atoms with Gasteiger partial charge in [0.1, 0.15) is 18.8 Å². The summed E-state index contributed by atoms with van der Waals surface area (Å²) in [4.78, 5) is 37.8. The molecule has 0 spiro atoms. The zero-order valence-corrected chi connectivity index (χ0v) is 26.9. The van der Waals surface area contributed by atoms with Gasteiger partial charge in [-0.2, -0.15) is 0 Å². The van der Waals surface area contributed by atoms with Crippen LogP contribution in [-0.2, 0) is 22.4 Å². The number of carbonyl (C=O) groups excluding carboxylic acids is 2. The van der Waals surface area contributed by atoms with Crippen LogP contribution in [0.25, 0.3) is 10.9 Å². The first kappa shape index (κ1) is 32.9. The molecule has 1 aliphatic rings. The summed E-state index contributed by atoms with van der Waals surface area (Å²) < 4.78 is 46.2. The molecule has 0 saturated heterocycles. The van der Waals surface area contributed by atoms with Crippen molar-refractivity contribution in [1.29, 1.82) is 0 Å². The largest absolute Gasteiger partial charge is 0.493 e. The van der Waals surface area contributed by atoms with E-state index in [1.807, 2.05) is 13.8 Å². The topological polar surface area (TPSA) is 90.9 Å². The Labute approximate surface area is 267 Å². The summed E-state index contributed by atoms with van der Waals surface area (Å²) in [5.74, 6) is -0.501. The van der Waals surface area contributed by atoms with Gasteiger partial charge in [0.15, 0.2) is 34.6 Å². The molecule has 46 heavy (non-hydrogen) atoms. The minimum atomic E-state index is -1.17. The molecular formula is C36H39F2N3O5. The molecule has 4 aromatic rings. The standard InChI is InChI=1S/C36H39F2N3O5/c1-6-41(7-2)14-15-45-31-20-28-26(19-30(31)44-5)34(40-22-39-28)46-29-13-10-24(16-27(29)38)18-33(43)36(21-35(36,3)4)32(42)17-23-8-11-25(37)12-9-23/h8-13,16,19-20,22H,6-7,14-15,17-18,21H2,1-5H3. The average molecular weight is 632 g/mol. The van der Waals surface area contributed by atoms with Crippen LogP contribution in [0.15, 0.2) is 60.9 Å². The first-order valence-corrected chi connectivity index (χ1v) is 15.5. The maximum absolute atomic E-state index is 15.4. The smallest absolute Gasteiger partial charge is 0.230 e. The zero-order chi connectivity index (χ0) is 33.1. The Morgan fingerprint density at radius 2 is 1.52 bits per heavy atom. The van der Waals surface area contributed by atoms with E-state index in [9.17, 15) is 14.0 Å².